The predicted octanol–water partition coefficient (Wildman–Crippen LogP) is 2.96. The Morgan fingerprint density at radius 2 is 2.07 bits per heavy atom. The number of carbonyl (C=O) groups excluding carboxylic acids is 1. The standard InChI is InChI=1S/C19H19ClN4O3S/c20-13-3-7-15(8-4-13)27-12-17(25)21-9-10-23-19(26)24(14-5-6-14)18(22-23)16-2-1-11-28-16/h1-4,7-8,11,14H,5-6,9-10,12H2,(H,21,25). The van der Waals surface area contributed by atoms with Crippen molar-refractivity contribution in [3.05, 3.63) is 57.3 Å². The minimum absolute atomic E-state index is 0.104. The summed E-state index contributed by atoms with van der Waals surface area (Å²) in [5, 5.41) is 9.82. The first-order valence-electron chi connectivity index (χ1n) is 9.00. The summed E-state index contributed by atoms with van der Waals surface area (Å²) in [6.07, 6.45) is 2.01. The summed E-state index contributed by atoms with van der Waals surface area (Å²) in [5.41, 5.74) is -0.127. The smallest absolute Gasteiger partial charge is 0.346 e. The van der Waals surface area contributed by atoms with Gasteiger partial charge in [-0.05, 0) is 48.6 Å². The SMILES string of the molecule is O=C(COc1ccc(Cl)cc1)NCCn1nc(-c2cccs2)n(C2CC2)c1=O. The summed E-state index contributed by atoms with van der Waals surface area (Å²) < 4.78 is 8.60. The molecule has 2 heterocycles. The van der Waals surface area contributed by atoms with E-state index in [-0.39, 0.29) is 24.2 Å². The van der Waals surface area contributed by atoms with Gasteiger partial charge in [0.15, 0.2) is 12.4 Å². The molecule has 0 aliphatic heterocycles. The highest BCUT2D eigenvalue weighted by molar-refractivity contribution is 7.13. The number of thiophene rings is 1. The van der Waals surface area contributed by atoms with E-state index in [2.05, 4.69) is 10.4 Å². The Bertz CT molecular complexity index is 1010. The molecule has 7 nitrogen and oxygen atoms in total. The largest absolute Gasteiger partial charge is 0.484 e. The number of hydrogen-bond donors (Lipinski definition) is 1. The van der Waals surface area contributed by atoms with Gasteiger partial charge in [-0.15, -0.1) is 16.4 Å². The fourth-order valence-corrected chi connectivity index (χ4v) is 3.66. The van der Waals surface area contributed by atoms with Crippen LogP contribution in [0.4, 0.5) is 0 Å². The molecule has 146 valence electrons. The Hall–Kier alpha value is -2.58. The third kappa shape index (κ3) is 4.28. The highest BCUT2D eigenvalue weighted by atomic mass is 35.5. The van der Waals surface area contributed by atoms with Gasteiger partial charge in [-0.25, -0.2) is 9.48 Å². The molecule has 0 bridgehead atoms. The highest BCUT2D eigenvalue weighted by Crippen LogP contribution is 2.37. The van der Waals surface area contributed by atoms with Crippen LogP contribution in [-0.4, -0.2) is 33.4 Å². The van der Waals surface area contributed by atoms with Crippen molar-refractivity contribution in [2.24, 2.45) is 0 Å². The molecule has 1 fully saturated rings. The van der Waals surface area contributed by atoms with E-state index in [1.165, 1.54) is 4.68 Å². The first-order chi connectivity index (χ1) is 13.6. The third-order valence-electron chi connectivity index (χ3n) is 4.35. The van der Waals surface area contributed by atoms with Gasteiger partial charge in [0.05, 0.1) is 11.4 Å². The van der Waals surface area contributed by atoms with Gasteiger partial charge in [0.1, 0.15) is 5.75 Å². The van der Waals surface area contributed by atoms with Crippen LogP contribution in [-0.2, 0) is 11.3 Å². The van der Waals surface area contributed by atoms with Crippen LogP contribution in [0.15, 0.2) is 46.6 Å². The van der Waals surface area contributed by atoms with Gasteiger partial charge in [0.25, 0.3) is 5.91 Å². The van der Waals surface area contributed by atoms with E-state index in [1.54, 1.807) is 40.2 Å². The van der Waals surface area contributed by atoms with Crippen LogP contribution in [0.2, 0.25) is 5.02 Å². The van der Waals surface area contributed by atoms with Gasteiger partial charge < -0.3 is 10.1 Å². The van der Waals surface area contributed by atoms with E-state index in [0.717, 1.165) is 17.7 Å². The third-order valence-corrected chi connectivity index (χ3v) is 5.47. The molecule has 0 saturated heterocycles. The van der Waals surface area contributed by atoms with Gasteiger partial charge >= 0.3 is 5.69 Å². The van der Waals surface area contributed by atoms with Crippen molar-refractivity contribution in [3.63, 3.8) is 0 Å². The normalized spacial score (nSPS) is 13.5. The first-order valence-corrected chi connectivity index (χ1v) is 10.3. The molecule has 1 N–H and O–H groups in total. The topological polar surface area (TPSA) is 78.2 Å². The van der Waals surface area contributed by atoms with Gasteiger partial charge in [0.2, 0.25) is 0 Å². The van der Waals surface area contributed by atoms with Crippen molar-refractivity contribution in [1.29, 1.82) is 0 Å². The zero-order chi connectivity index (χ0) is 19.5. The number of carbonyl (C=O) groups is 1. The monoisotopic (exact) mass is 418 g/mol. The quantitative estimate of drug-likeness (QED) is 0.610. The average molecular weight is 419 g/mol. The Labute approximate surface area is 170 Å². The highest BCUT2D eigenvalue weighted by Gasteiger charge is 2.30. The fourth-order valence-electron chi connectivity index (χ4n) is 2.83. The van der Waals surface area contributed by atoms with Crippen LogP contribution in [0.3, 0.4) is 0 Å². The van der Waals surface area contributed by atoms with Gasteiger partial charge in [-0.2, -0.15) is 0 Å². The molecule has 28 heavy (non-hydrogen) atoms. The number of halogens is 1. The second-order valence-corrected chi connectivity index (χ2v) is 7.88. The molecular formula is C19H19ClN4O3S. The Balaban J connectivity index is 1.33. The van der Waals surface area contributed by atoms with Crippen LogP contribution in [0.5, 0.6) is 5.75 Å². The molecule has 2 aromatic heterocycles. The second kappa shape index (κ2) is 8.20. The van der Waals surface area contributed by atoms with Gasteiger partial charge in [-0.3, -0.25) is 9.36 Å². The van der Waals surface area contributed by atoms with Crippen LogP contribution in [0, 0.1) is 0 Å². The number of benzene rings is 1. The molecule has 0 radical (unpaired) electrons. The summed E-state index contributed by atoms with van der Waals surface area (Å²) in [5.74, 6) is 1.02. The number of nitrogens with one attached hydrogen (secondary N) is 1. The van der Waals surface area contributed by atoms with Gasteiger partial charge in [-0.1, -0.05) is 17.7 Å². The Kier molecular flexibility index (Phi) is 5.50. The van der Waals surface area contributed by atoms with Crippen LogP contribution in [0.25, 0.3) is 10.7 Å². The van der Waals surface area contributed by atoms with Gasteiger partial charge in [0, 0.05) is 17.6 Å². The fraction of sp³-hybridized carbons (Fsp3) is 0.316. The van der Waals surface area contributed by atoms with Crippen LogP contribution >= 0.6 is 22.9 Å². The van der Waals surface area contributed by atoms with Crippen molar-refractivity contribution in [2.75, 3.05) is 13.2 Å². The molecule has 1 aliphatic carbocycles. The predicted molar refractivity (Wildman–Crippen MR) is 108 cm³/mol. The molecule has 1 aromatic carbocycles. The van der Waals surface area contributed by atoms with Crippen molar-refractivity contribution in [1.82, 2.24) is 19.7 Å². The maximum Gasteiger partial charge on any atom is 0.346 e. The second-order valence-electron chi connectivity index (χ2n) is 6.50. The zero-order valence-electron chi connectivity index (χ0n) is 15.0. The van der Waals surface area contributed by atoms with Crippen molar-refractivity contribution < 1.29 is 9.53 Å². The molecule has 0 spiro atoms. The van der Waals surface area contributed by atoms with E-state index >= 15 is 0 Å². The Morgan fingerprint density at radius 3 is 2.75 bits per heavy atom. The maximum atomic E-state index is 12.7. The lowest BCUT2D eigenvalue weighted by Gasteiger charge is -2.07. The summed E-state index contributed by atoms with van der Waals surface area (Å²) in [6, 6.07) is 10.9. The maximum absolute atomic E-state index is 12.7. The molecular weight excluding hydrogens is 400 g/mol. The van der Waals surface area contributed by atoms with Crippen molar-refractivity contribution >= 4 is 28.8 Å². The number of nitrogens with zero attached hydrogens (tertiary/aromatic N) is 3. The summed E-state index contributed by atoms with van der Waals surface area (Å²) in [4.78, 5) is 25.6. The number of rotatable bonds is 8. The molecule has 0 unspecified atom stereocenters. The lowest BCUT2D eigenvalue weighted by atomic mass is 10.3. The van der Waals surface area contributed by atoms with E-state index in [9.17, 15) is 9.59 Å². The molecule has 1 amide bonds. The number of aromatic nitrogens is 3. The van der Waals surface area contributed by atoms with Crippen LogP contribution in [0.1, 0.15) is 18.9 Å². The molecule has 4 rings (SSSR count). The lowest BCUT2D eigenvalue weighted by Crippen LogP contribution is -2.34. The summed E-state index contributed by atoms with van der Waals surface area (Å²) in [7, 11) is 0. The van der Waals surface area contributed by atoms with Crippen molar-refractivity contribution in [2.45, 2.75) is 25.4 Å². The number of amides is 1. The summed E-state index contributed by atoms with van der Waals surface area (Å²) >= 11 is 7.37. The average Bonchev–Trinajstić information content (AvgIpc) is 3.26. The minimum Gasteiger partial charge on any atom is -0.484 e. The van der Waals surface area contributed by atoms with Crippen LogP contribution < -0.4 is 15.7 Å². The molecule has 3 aromatic rings. The zero-order valence-corrected chi connectivity index (χ0v) is 16.6. The van der Waals surface area contributed by atoms with Crippen molar-refractivity contribution in [3.8, 4) is 16.5 Å². The first kappa shape index (κ1) is 18.8. The molecule has 1 saturated carbocycles. The number of hydrogen-bond acceptors (Lipinski definition) is 5. The lowest BCUT2D eigenvalue weighted by molar-refractivity contribution is -0.123. The summed E-state index contributed by atoms with van der Waals surface area (Å²) in [6.45, 7) is 0.505. The Morgan fingerprint density at radius 1 is 1.29 bits per heavy atom. The van der Waals surface area contributed by atoms with E-state index in [0.29, 0.717) is 29.7 Å². The number of ether oxygens (including phenoxy) is 1. The minimum atomic E-state index is -0.261. The van der Waals surface area contributed by atoms with E-state index < -0.39 is 0 Å². The molecule has 9 heteroatoms. The molecule has 1 aliphatic rings. The molecule has 0 atom stereocenters. The van der Waals surface area contributed by atoms with E-state index in [1.807, 2.05) is 17.5 Å². The van der Waals surface area contributed by atoms with E-state index in [4.69, 9.17) is 16.3 Å².